The van der Waals surface area contributed by atoms with Crippen LogP contribution in [-0.2, 0) is 0 Å². The van der Waals surface area contributed by atoms with Crippen LogP contribution in [0.3, 0.4) is 0 Å². The van der Waals surface area contributed by atoms with E-state index in [1.807, 2.05) is 6.92 Å². The molecule has 0 aliphatic rings. The van der Waals surface area contributed by atoms with Crippen LogP contribution in [0.2, 0.25) is 10.0 Å². The number of hydrogen-bond donors (Lipinski definition) is 2. The third-order valence-corrected chi connectivity index (χ3v) is 2.60. The molecule has 15 heavy (non-hydrogen) atoms. The van der Waals surface area contributed by atoms with Crippen molar-refractivity contribution in [3.8, 4) is 5.75 Å². The van der Waals surface area contributed by atoms with E-state index in [4.69, 9.17) is 33.7 Å². The summed E-state index contributed by atoms with van der Waals surface area (Å²) in [6.07, 6.45) is 0. The van der Waals surface area contributed by atoms with Gasteiger partial charge in [-0.25, -0.2) is 0 Å². The maximum atomic E-state index is 6.00. The molecule has 1 rings (SSSR count). The monoisotopic (exact) mass is 263 g/mol. The topological polar surface area (TPSA) is 35.2 Å². The molecule has 1 aromatic carbocycles. The molecule has 0 aliphatic carbocycles. The second-order valence-electron chi connectivity index (χ2n) is 2.79. The summed E-state index contributed by atoms with van der Waals surface area (Å²) in [6, 6.07) is 3.39. The van der Waals surface area contributed by atoms with Crippen molar-refractivity contribution in [3.05, 3.63) is 33.1 Å². The van der Waals surface area contributed by atoms with Gasteiger partial charge in [0.2, 0.25) is 0 Å². The summed E-state index contributed by atoms with van der Waals surface area (Å²) in [5.41, 5.74) is 6.91. The van der Waals surface area contributed by atoms with Crippen LogP contribution in [0.5, 0.6) is 5.75 Å². The lowest BCUT2D eigenvalue weighted by molar-refractivity contribution is 0.340. The SMILES string of the molecule is CCOc1c(Cl)cc(/C(N)=C/S)cc1Cl. The summed E-state index contributed by atoms with van der Waals surface area (Å²) >= 11 is 16.0. The highest BCUT2D eigenvalue weighted by Crippen LogP contribution is 2.35. The molecule has 82 valence electrons. The number of hydrogen-bond acceptors (Lipinski definition) is 3. The van der Waals surface area contributed by atoms with E-state index in [1.54, 1.807) is 12.1 Å². The summed E-state index contributed by atoms with van der Waals surface area (Å²) < 4.78 is 5.29. The molecule has 2 nitrogen and oxygen atoms in total. The van der Waals surface area contributed by atoms with Gasteiger partial charge in [0.15, 0.2) is 5.75 Å². The van der Waals surface area contributed by atoms with Gasteiger partial charge in [0.05, 0.1) is 16.7 Å². The van der Waals surface area contributed by atoms with Gasteiger partial charge < -0.3 is 10.5 Å². The summed E-state index contributed by atoms with van der Waals surface area (Å²) in [5, 5.41) is 2.37. The van der Waals surface area contributed by atoms with Gasteiger partial charge in [0.25, 0.3) is 0 Å². The van der Waals surface area contributed by atoms with Crippen LogP contribution in [0.15, 0.2) is 17.5 Å². The predicted molar refractivity (Wildman–Crippen MR) is 68.8 cm³/mol. The van der Waals surface area contributed by atoms with Gasteiger partial charge in [-0.3, -0.25) is 0 Å². The number of rotatable bonds is 3. The molecule has 2 N–H and O–H groups in total. The molecule has 0 radical (unpaired) electrons. The number of nitrogens with two attached hydrogens (primary N) is 1. The summed E-state index contributed by atoms with van der Waals surface area (Å²) in [6.45, 7) is 2.37. The first-order valence-corrected chi connectivity index (χ1v) is 5.59. The van der Waals surface area contributed by atoms with E-state index in [0.717, 1.165) is 5.56 Å². The molecule has 5 heteroatoms. The Kier molecular flexibility index (Phi) is 4.64. The number of thiol groups is 1. The lowest BCUT2D eigenvalue weighted by Gasteiger charge is -2.10. The van der Waals surface area contributed by atoms with E-state index in [-0.39, 0.29) is 0 Å². The first kappa shape index (κ1) is 12.6. The second-order valence-corrected chi connectivity index (χ2v) is 3.86. The zero-order valence-corrected chi connectivity index (χ0v) is 10.5. The Balaban J connectivity index is 3.19. The number of ether oxygens (including phenoxy) is 1. The Morgan fingerprint density at radius 1 is 1.47 bits per heavy atom. The van der Waals surface area contributed by atoms with Gasteiger partial charge >= 0.3 is 0 Å². The minimum absolute atomic E-state index is 0.442. The Labute approximate surface area is 104 Å². The maximum Gasteiger partial charge on any atom is 0.156 e. The van der Waals surface area contributed by atoms with Crippen molar-refractivity contribution in [2.24, 2.45) is 5.73 Å². The number of benzene rings is 1. The van der Waals surface area contributed by atoms with Gasteiger partial charge in [-0.1, -0.05) is 23.2 Å². The number of halogens is 2. The molecular formula is C10H11Cl2NOS. The van der Waals surface area contributed by atoms with Gasteiger partial charge in [0, 0.05) is 11.3 Å². The molecule has 0 fully saturated rings. The highest BCUT2D eigenvalue weighted by atomic mass is 35.5. The minimum Gasteiger partial charge on any atom is -0.491 e. The van der Waals surface area contributed by atoms with Crippen molar-refractivity contribution in [1.82, 2.24) is 0 Å². The Hall–Kier alpha value is -0.510. The van der Waals surface area contributed by atoms with E-state index < -0.39 is 0 Å². The standard InChI is InChI=1S/C10H11Cl2NOS/c1-2-14-10-7(11)3-6(4-8(10)12)9(13)5-15/h3-5,15H,2,13H2,1H3/b9-5-. The van der Waals surface area contributed by atoms with Crippen LogP contribution >= 0.6 is 35.8 Å². The molecular weight excluding hydrogens is 253 g/mol. The molecule has 0 aliphatic heterocycles. The first-order chi connectivity index (χ1) is 7.10. The molecule has 0 atom stereocenters. The average Bonchev–Trinajstić information content (AvgIpc) is 2.22. The Morgan fingerprint density at radius 3 is 2.40 bits per heavy atom. The van der Waals surface area contributed by atoms with E-state index in [2.05, 4.69) is 12.6 Å². The van der Waals surface area contributed by atoms with Crippen LogP contribution in [-0.4, -0.2) is 6.61 Å². The third kappa shape index (κ3) is 2.97. The predicted octanol–water partition coefficient (Wildman–Crippen LogP) is 3.58. The lowest BCUT2D eigenvalue weighted by Crippen LogP contribution is -1.98. The van der Waals surface area contributed by atoms with E-state index in [0.29, 0.717) is 28.1 Å². The van der Waals surface area contributed by atoms with Crippen LogP contribution in [0.1, 0.15) is 12.5 Å². The van der Waals surface area contributed by atoms with E-state index in [1.165, 1.54) is 5.41 Å². The fourth-order valence-electron chi connectivity index (χ4n) is 1.08. The van der Waals surface area contributed by atoms with E-state index >= 15 is 0 Å². The molecule has 0 heterocycles. The largest absolute Gasteiger partial charge is 0.491 e. The van der Waals surface area contributed by atoms with Gasteiger partial charge in [-0.15, -0.1) is 12.6 Å². The zero-order valence-electron chi connectivity index (χ0n) is 8.13. The minimum atomic E-state index is 0.442. The fourth-order valence-corrected chi connectivity index (χ4v) is 1.83. The van der Waals surface area contributed by atoms with Crippen LogP contribution < -0.4 is 10.5 Å². The van der Waals surface area contributed by atoms with Gasteiger partial charge in [-0.05, 0) is 24.5 Å². The quantitative estimate of drug-likeness (QED) is 0.818. The van der Waals surface area contributed by atoms with Crippen LogP contribution in [0.25, 0.3) is 5.70 Å². The van der Waals surface area contributed by atoms with Crippen molar-refractivity contribution in [3.63, 3.8) is 0 Å². The summed E-state index contributed by atoms with van der Waals surface area (Å²) in [4.78, 5) is 0. The smallest absolute Gasteiger partial charge is 0.156 e. The highest BCUT2D eigenvalue weighted by molar-refractivity contribution is 7.83. The van der Waals surface area contributed by atoms with Gasteiger partial charge in [-0.2, -0.15) is 0 Å². The highest BCUT2D eigenvalue weighted by Gasteiger charge is 2.10. The van der Waals surface area contributed by atoms with Crippen molar-refractivity contribution >= 4 is 41.5 Å². The van der Waals surface area contributed by atoms with Crippen LogP contribution in [0.4, 0.5) is 0 Å². The van der Waals surface area contributed by atoms with Crippen LogP contribution in [0, 0.1) is 0 Å². The molecule has 0 aromatic heterocycles. The zero-order chi connectivity index (χ0) is 11.4. The fraction of sp³-hybridized carbons (Fsp3) is 0.200. The Bertz CT molecular complexity index is 370. The summed E-state index contributed by atoms with van der Waals surface area (Å²) in [5.74, 6) is 0.483. The van der Waals surface area contributed by atoms with Gasteiger partial charge in [0.1, 0.15) is 0 Å². The van der Waals surface area contributed by atoms with E-state index in [9.17, 15) is 0 Å². The molecule has 0 spiro atoms. The normalized spacial score (nSPS) is 11.6. The van der Waals surface area contributed by atoms with Crippen molar-refractivity contribution < 1.29 is 4.74 Å². The van der Waals surface area contributed by atoms with Crippen molar-refractivity contribution in [2.45, 2.75) is 6.92 Å². The second kappa shape index (κ2) is 5.54. The maximum absolute atomic E-state index is 6.00. The molecule has 1 aromatic rings. The van der Waals surface area contributed by atoms with Crippen molar-refractivity contribution in [2.75, 3.05) is 6.61 Å². The van der Waals surface area contributed by atoms with Crippen molar-refractivity contribution in [1.29, 1.82) is 0 Å². The first-order valence-electron chi connectivity index (χ1n) is 4.32. The lowest BCUT2D eigenvalue weighted by atomic mass is 10.2. The molecule has 0 saturated heterocycles. The third-order valence-electron chi connectivity index (χ3n) is 1.76. The average molecular weight is 264 g/mol. The molecule has 0 unspecified atom stereocenters. The molecule has 0 bridgehead atoms. The summed E-state index contributed by atoms with van der Waals surface area (Å²) in [7, 11) is 0. The molecule has 0 saturated carbocycles. The molecule has 0 amide bonds. The Morgan fingerprint density at radius 2 is 2.00 bits per heavy atom.